The number of aromatic nitrogens is 3. The van der Waals surface area contributed by atoms with Crippen LogP contribution in [0.3, 0.4) is 0 Å². The quantitative estimate of drug-likeness (QED) is 0.869. The van der Waals surface area contributed by atoms with Gasteiger partial charge in [-0.3, -0.25) is 4.68 Å². The third-order valence-corrected chi connectivity index (χ3v) is 3.64. The van der Waals surface area contributed by atoms with Crippen molar-refractivity contribution in [3.63, 3.8) is 0 Å². The minimum Gasteiger partial charge on any atom is -0.373 e. The van der Waals surface area contributed by atoms with Crippen molar-refractivity contribution in [1.82, 2.24) is 14.8 Å². The van der Waals surface area contributed by atoms with E-state index < -0.39 is 11.9 Å². The smallest absolute Gasteiger partial charge is 0.373 e. The van der Waals surface area contributed by atoms with Crippen LogP contribution in [0.2, 0.25) is 0 Å². The number of hydrogen-bond acceptors (Lipinski definition) is 4. The Bertz CT molecular complexity index is 671. The predicted molar refractivity (Wildman–Crippen MR) is 78.2 cm³/mol. The molecule has 0 amide bonds. The Balaban J connectivity index is 1.71. The van der Waals surface area contributed by atoms with Crippen LogP contribution in [0.5, 0.6) is 0 Å². The van der Waals surface area contributed by atoms with Crippen LogP contribution in [0.25, 0.3) is 0 Å². The van der Waals surface area contributed by atoms with Crippen LogP contribution in [0.4, 0.5) is 19.0 Å². The van der Waals surface area contributed by atoms with E-state index in [1.54, 1.807) is 16.9 Å². The third-order valence-electron chi connectivity index (χ3n) is 3.64. The number of alkyl halides is 3. The van der Waals surface area contributed by atoms with E-state index in [-0.39, 0.29) is 6.10 Å². The minimum atomic E-state index is -4.44. The Labute approximate surface area is 131 Å². The van der Waals surface area contributed by atoms with E-state index in [2.05, 4.69) is 10.1 Å². The lowest BCUT2D eigenvalue weighted by Gasteiger charge is -2.33. The molecule has 0 aromatic carbocycles. The molecule has 23 heavy (non-hydrogen) atoms. The molecule has 2 aromatic heterocycles. The minimum absolute atomic E-state index is 0.139. The molecule has 1 aliphatic rings. The summed E-state index contributed by atoms with van der Waals surface area (Å²) in [7, 11) is 0. The van der Waals surface area contributed by atoms with Crippen LogP contribution < -0.4 is 4.90 Å². The van der Waals surface area contributed by atoms with Crippen molar-refractivity contribution in [3.05, 3.63) is 41.9 Å². The first-order valence-electron chi connectivity index (χ1n) is 7.32. The molecule has 0 spiro atoms. The van der Waals surface area contributed by atoms with Gasteiger partial charge in [0, 0.05) is 19.3 Å². The van der Waals surface area contributed by atoms with Crippen molar-refractivity contribution < 1.29 is 17.9 Å². The Morgan fingerprint density at radius 3 is 2.87 bits per heavy atom. The zero-order chi connectivity index (χ0) is 16.4. The second kappa shape index (κ2) is 6.19. The predicted octanol–water partition coefficient (Wildman–Crippen LogP) is 2.51. The van der Waals surface area contributed by atoms with Gasteiger partial charge < -0.3 is 9.64 Å². The van der Waals surface area contributed by atoms with E-state index in [4.69, 9.17) is 4.74 Å². The molecule has 0 saturated carbocycles. The van der Waals surface area contributed by atoms with Gasteiger partial charge in [0.15, 0.2) is 0 Å². The van der Waals surface area contributed by atoms with Crippen LogP contribution in [0.1, 0.15) is 11.3 Å². The lowest BCUT2D eigenvalue weighted by molar-refractivity contribution is -0.141. The van der Waals surface area contributed by atoms with Gasteiger partial charge in [-0.15, -0.1) is 0 Å². The molecule has 124 valence electrons. The van der Waals surface area contributed by atoms with Gasteiger partial charge in [-0.2, -0.15) is 18.3 Å². The van der Waals surface area contributed by atoms with Gasteiger partial charge in [0.2, 0.25) is 0 Å². The Kier molecular flexibility index (Phi) is 4.25. The first-order valence-corrected chi connectivity index (χ1v) is 7.32. The molecule has 3 heterocycles. The molecule has 8 heteroatoms. The third kappa shape index (κ3) is 3.82. The summed E-state index contributed by atoms with van der Waals surface area (Å²) >= 11 is 0. The molecule has 5 nitrogen and oxygen atoms in total. The molecule has 1 fully saturated rings. The summed E-state index contributed by atoms with van der Waals surface area (Å²) in [6.07, 6.45) is -0.909. The summed E-state index contributed by atoms with van der Waals surface area (Å²) in [5.74, 6) is 0.324. The fraction of sp³-hybridized carbons (Fsp3) is 0.467. The number of rotatable bonds is 3. The second-order valence-electron chi connectivity index (χ2n) is 5.56. The monoisotopic (exact) mass is 326 g/mol. The maximum Gasteiger partial charge on any atom is 0.433 e. The first-order chi connectivity index (χ1) is 10.9. The Hall–Kier alpha value is -2.09. The molecular formula is C15H17F3N4O. The maximum atomic E-state index is 12.8. The van der Waals surface area contributed by atoms with Gasteiger partial charge in [-0.1, -0.05) is 6.07 Å². The van der Waals surface area contributed by atoms with Gasteiger partial charge in [-0.25, -0.2) is 4.98 Å². The Morgan fingerprint density at radius 2 is 2.17 bits per heavy atom. The van der Waals surface area contributed by atoms with E-state index in [1.165, 1.54) is 6.07 Å². The standard InChI is InChI=1S/C15H17F3N4O/c1-11-7-19-22(8-11)10-12-9-21(5-6-23-12)14-4-2-3-13(20-14)15(16,17)18/h2-4,7-8,12H,5-6,9-10H2,1H3. The van der Waals surface area contributed by atoms with Crippen LogP contribution in [-0.2, 0) is 17.5 Å². The van der Waals surface area contributed by atoms with Crippen LogP contribution in [0.15, 0.2) is 30.6 Å². The second-order valence-corrected chi connectivity index (χ2v) is 5.56. The number of anilines is 1. The van der Waals surface area contributed by atoms with Crippen molar-refractivity contribution in [2.75, 3.05) is 24.6 Å². The summed E-state index contributed by atoms with van der Waals surface area (Å²) in [5, 5.41) is 4.21. The van der Waals surface area contributed by atoms with E-state index in [0.29, 0.717) is 32.1 Å². The highest BCUT2D eigenvalue weighted by Gasteiger charge is 2.33. The molecule has 1 saturated heterocycles. The largest absolute Gasteiger partial charge is 0.433 e. The van der Waals surface area contributed by atoms with Crippen molar-refractivity contribution in [3.8, 4) is 0 Å². The first kappa shape index (κ1) is 15.8. The van der Waals surface area contributed by atoms with E-state index in [0.717, 1.165) is 11.6 Å². The lowest BCUT2D eigenvalue weighted by atomic mass is 10.2. The number of morpholine rings is 1. The number of aryl methyl sites for hydroxylation is 1. The molecule has 1 unspecified atom stereocenters. The number of halogens is 3. The van der Waals surface area contributed by atoms with Crippen molar-refractivity contribution >= 4 is 5.82 Å². The molecule has 0 bridgehead atoms. The molecule has 1 aliphatic heterocycles. The van der Waals surface area contributed by atoms with Crippen molar-refractivity contribution in [1.29, 1.82) is 0 Å². The zero-order valence-corrected chi connectivity index (χ0v) is 12.6. The highest BCUT2D eigenvalue weighted by atomic mass is 19.4. The Morgan fingerprint density at radius 1 is 1.35 bits per heavy atom. The van der Waals surface area contributed by atoms with Crippen molar-refractivity contribution in [2.45, 2.75) is 25.7 Å². The molecule has 0 N–H and O–H groups in total. The highest BCUT2D eigenvalue weighted by molar-refractivity contribution is 5.40. The molecule has 0 radical (unpaired) electrons. The summed E-state index contributed by atoms with van der Waals surface area (Å²) in [5.41, 5.74) is 0.179. The fourth-order valence-electron chi connectivity index (χ4n) is 2.57. The van der Waals surface area contributed by atoms with Crippen LogP contribution in [-0.4, -0.2) is 40.6 Å². The van der Waals surface area contributed by atoms with Crippen LogP contribution in [0, 0.1) is 6.92 Å². The zero-order valence-electron chi connectivity index (χ0n) is 12.6. The maximum absolute atomic E-state index is 12.8. The van der Waals surface area contributed by atoms with Gasteiger partial charge in [0.25, 0.3) is 0 Å². The van der Waals surface area contributed by atoms with E-state index >= 15 is 0 Å². The number of nitrogens with zero attached hydrogens (tertiary/aromatic N) is 4. The molecule has 3 rings (SSSR count). The van der Waals surface area contributed by atoms with Gasteiger partial charge in [0.05, 0.1) is 25.5 Å². The average molecular weight is 326 g/mol. The van der Waals surface area contributed by atoms with Gasteiger partial charge >= 0.3 is 6.18 Å². The number of ether oxygens (including phenoxy) is 1. The summed E-state index contributed by atoms with van der Waals surface area (Å²) in [6, 6.07) is 3.95. The summed E-state index contributed by atoms with van der Waals surface area (Å²) < 4.78 is 45.8. The number of hydrogen-bond donors (Lipinski definition) is 0. The normalized spacial score (nSPS) is 19.1. The fourth-order valence-corrected chi connectivity index (χ4v) is 2.57. The van der Waals surface area contributed by atoms with E-state index in [9.17, 15) is 13.2 Å². The topological polar surface area (TPSA) is 43.2 Å². The molecule has 2 aromatic rings. The summed E-state index contributed by atoms with van der Waals surface area (Å²) in [4.78, 5) is 5.56. The molecular weight excluding hydrogens is 309 g/mol. The molecule has 1 atom stereocenters. The highest BCUT2D eigenvalue weighted by Crippen LogP contribution is 2.29. The van der Waals surface area contributed by atoms with Gasteiger partial charge in [-0.05, 0) is 24.6 Å². The van der Waals surface area contributed by atoms with Crippen LogP contribution >= 0.6 is 0 Å². The summed E-state index contributed by atoms with van der Waals surface area (Å²) in [6.45, 7) is 3.95. The lowest BCUT2D eigenvalue weighted by Crippen LogP contribution is -2.44. The van der Waals surface area contributed by atoms with Crippen molar-refractivity contribution in [2.24, 2.45) is 0 Å². The molecule has 0 aliphatic carbocycles. The number of pyridine rings is 1. The van der Waals surface area contributed by atoms with Gasteiger partial charge in [0.1, 0.15) is 11.5 Å². The van der Waals surface area contributed by atoms with E-state index in [1.807, 2.05) is 18.0 Å². The SMILES string of the molecule is Cc1cnn(CC2CN(c3cccc(C(F)(F)F)n3)CCO2)c1. The average Bonchev–Trinajstić information content (AvgIpc) is 2.92.